The van der Waals surface area contributed by atoms with Crippen LogP contribution in [0.25, 0.3) is 50.8 Å². The Morgan fingerprint density at radius 2 is 1.53 bits per heavy atom. The minimum absolute atomic E-state index is 0.0416. The van der Waals surface area contributed by atoms with Gasteiger partial charge in [0.05, 0.1) is 0 Å². The van der Waals surface area contributed by atoms with Crippen molar-refractivity contribution in [1.29, 1.82) is 0 Å². The summed E-state index contributed by atoms with van der Waals surface area (Å²) in [4.78, 5) is 14.9. The van der Waals surface area contributed by atoms with E-state index in [4.69, 9.17) is 31.0 Å². The van der Waals surface area contributed by atoms with Crippen molar-refractivity contribution in [1.82, 2.24) is 15.0 Å². The van der Waals surface area contributed by atoms with Crippen LogP contribution >= 0.6 is 11.6 Å². The smallest absolute Gasteiger partial charge is 0.164 e. The lowest BCUT2D eigenvalue weighted by Gasteiger charge is -2.19. The molecule has 7 rings (SSSR count). The minimum atomic E-state index is 0.0416. The number of rotatable bonds is 3. The Morgan fingerprint density at radius 1 is 0.750 bits per heavy atom. The molecule has 6 aromatic rings. The molecule has 0 N–H and O–H groups in total. The molecule has 1 aliphatic carbocycles. The number of para-hydroxylation sites is 1. The van der Waals surface area contributed by atoms with E-state index in [-0.39, 0.29) is 5.92 Å². The van der Waals surface area contributed by atoms with E-state index in [2.05, 4.69) is 42.5 Å². The number of allylic oxidation sites excluding steroid dienone is 1. The first-order chi connectivity index (χ1) is 17.7. The van der Waals surface area contributed by atoms with Crippen molar-refractivity contribution in [2.24, 2.45) is 0 Å². The minimum Gasteiger partial charge on any atom is -0.456 e. The molecule has 172 valence electrons. The third-order valence-corrected chi connectivity index (χ3v) is 6.92. The van der Waals surface area contributed by atoms with Gasteiger partial charge in [0.25, 0.3) is 0 Å². The van der Waals surface area contributed by atoms with Crippen LogP contribution in [-0.2, 0) is 6.42 Å². The van der Waals surface area contributed by atoms with Crippen molar-refractivity contribution < 1.29 is 4.42 Å². The summed E-state index contributed by atoms with van der Waals surface area (Å²) < 4.78 is 6.13. The maximum atomic E-state index is 6.56. The number of fused-ring (bicyclic) bond motifs is 4. The van der Waals surface area contributed by atoms with Crippen LogP contribution in [0.4, 0.5) is 0 Å². The molecule has 4 nitrogen and oxygen atoms in total. The Bertz CT molecular complexity index is 1790. The number of furan rings is 1. The zero-order valence-corrected chi connectivity index (χ0v) is 20.0. The lowest BCUT2D eigenvalue weighted by molar-refractivity contribution is 0.669. The lowest BCUT2D eigenvalue weighted by atomic mass is 9.89. The first-order valence-electron chi connectivity index (χ1n) is 11.9. The van der Waals surface area contributed by atoms with E-state index in [0.717, 1.165) is 39.7 Å². The number of hydrogen-bond acceptors (Lipinski definition) is 4. The summed E-state index contributed by atoms with van der Waals surface area (Å²) >= 11 is 6.56. The molecule has 0 aliphatic heterocycles. The molecule has 1 unspecified atom stereocenters. The third-order valence-electron chi connectivity index (χ3n) is 6.70. The molecule has 36 heavy (non-hydrogen) atoms. The van der Waals surface area contributed by atoms with Gasteiger partial charge >= 0.3 is 0 Å². The van der Waals surface area contributed by atoms with E-state index >= 15 is 0 Å². The SMILES string of the molecule is Clc1cc(-c2nc(-c3ccccc3)nc(C3C=Cc4ccccc4C3)n2)c2c(c1)oc1ccccc12. The summed E-state index contributed by atoms with van der Waals surface area (Å²) in [6.45, 7) is 0. The highest BCUT2D eigenvalue weighted by Gasteiger charge is 2.22. The Balaban J connectivity index is 1.46. The van der Waals surface area contributed by atoms with Gasteiger partial charge in [0.15, 0.2) is 11.6 Å². The molecule has 2 heterocycles. The van der Waals surface area contributed by atoms with Crippen molar-refractivity contribution in [3.63, 3.8) is 0 Å². The van der Waals surface area contributed by atoms with Gasteiger partial charge in [0, 0.05) is 38.9 Å². The molecule has 0 radical (unpaired) electrons. The second-order valence-corrected chi connectivity index (χ2v) is 9.44. The summed E-state index contributed by atoms with van der Waals surface area (Å²) in [5.41, 5.74) is 5.84. The largest absolute Gasteiger partial charge is 0.456 e. The predicted octanol–water partition coefficient (Wildman–Crippen LogP) is 8.11. The molecule has 0 amide bonds. The molecule has 0 bridgehead atoms. The van der Waals surface area contributed by atoms with Gasteiger partial charge in [0.1, 0.15) is 17.0 Å². The van der Waals surface area contributed by atoms with E-state index < -0.39 is 0 Å². The molecule has 0 spiro atoms. The first kappa shape index (κ1) is 21.0. The number of benzene rings is 4. The first-order valence-corrected chi connectivity index (χ1v) is 12.3. The monoisotopic (exact) mass is 485 g/mol. The number of halogens is 1. The summed E-state index contributed by atoms with van der Waals surface area (Å²) in [6.07, 6.45) is 5.19. The molecule has 0 saturated heterocycles. The van der Waals surface area contributed by atoms with Gasteiger partial charge in [-0.15, -0.1) is 0 Å². The predicted molar refractivity (Wildman–Crippen MR) is 145 cm³/mol. The van der Waals surface area contributed by atoms with Gasteiger partial charge in [-0.2, -0.15) is 0 Å². The number of hydrogen-bond donors (Lipinski definition) is 0. The van der Waals surface area contributed by atoms with Gasteiger partial charge < -0.3 is 4.42 Å². The highest BCUT2D eigenvalue weighted by atomic mass is 35.5. The molecule has 4 aromatic carbocycles. The van der Waals surface area contributed by atoms with Crippen molar-refractivity contribution >= 4 is 39.6 Å². The Morgan fingerprint density at radius 3 is 2.44 bits per heavy atom. The fraction of sp³-hybridized carbons (Fsp3) is 0.0645. The van der Waals surface area contributed by atoms with E-state index in [1.54, 1.807) is 0 Å². The zero-order valence-electron chi connectivity index (χ0n) is 19.2. The average molecular weight is 486 g/mol. The van der Waals surface area contributed by atoms with Crippen LogP contribution < -0.4 is 0 Å². The van der Waals surface area contributed by atoms with Crippen LogP contribution in [0.2, 0.25) is 5.02 Å². The standard InChI is InChI=1S/C31H20ClN3O/c32-23-17-25(28-24-12-6-7-13-26(24)36-27(28)18-23)31-34-29(20-9-2-1-3-10-20)33-30(35-31)22-15-14-19-8-4-5-11-21(19)16-22/h1-15,17-18,22H,16H2. The Labute approximate surface area is 212 Å². The zero-order chi connectivity index (χ0) is 24.1. The van der Waals surface area contributed by atoms with Gasteiger partial charge in [-0.25, -0.2) is 15.0 Å². The number of nitrogens with zero attached hydrogens (tertiary/aromatic N) is 3. The van der Waals surface area contributed by atoms with Crippen LogP contribution in [0, 0.1) is 0 Å². The fourth-order valence-electron chi connectivity index (χ4n) is 4.98. The van der Waals surface area contributed by atoms with Crippen LogP contribution in [-0.4, -0.2) is 15.0 Å². The third kappa shape index (κ3) is 3.58. The molecular weight excluding hydrogens is 466 g/mol. The second-order valence-electron chi connectivity index (χ2n) is 9.00. The van der Waals surface area contributed by atoms with Gasteiger partial charge in [-0.3, -0.25) is 0 Å². The van der Waals surface area contributed by atoms with Gasteiger partial charge in [-0.1, -0.05) is 96.5 Å². The summed E-state index contributed by atoms with van der Waals surface area (Å²) in [5.74, 6) is 2.01. The quantitative estimate of drug-likeness (QED) is 0.254. The van der Waals surface area contributed by atoms with Gasteiger partial charge in [0.2, 0.25) is 0 Å². The van der Waals surface area contributed by atoms with E-state index in [0.29, 0.717) is 22.3 Å². The highest BCUT2D eigenvalue weighted by Crippen LogP contribution is 2.39. The molecule has 0 fully saturated rings. The topological polar surface area (TPSA) is 51.8 Å². The molecular formula is C31H20ClN3O. The highest BCUT2D eigenvalue weighted by molar-refractivity contribution is 6.32. The lowest BCUT2D eigenvalue weighted by Crippen LogP contribution is -2.12. The Hall–Kier alpha value is -4.28. The average Bonchev–Trinajstić information content (AvgIpc) is 3.30. The molecule has 0 saturated carbocycles. The molecule has 5 heteroatoms. The van der Waals surface area contributed by atoms with Crippen LogP contribution in [0.3, 0.4) is 0 Å². The Kier molecular flexibility index (Phi) is 4.93. The fourth-order valence-corrected chi connectivity index (χ4v) is 5.19. The normalized spacial score (nSPS) is 14.9. The van der Waals surface area contributed by atoms with Crippen molar-refractivity contribution in [3.8, 4) is 22.8 Å². The number of aromatic nitrogens is 3. The summed E-state index contributed by atoms with van der Waals surface area (Å²) in [5, 5.41) is 2.54. The molecule has 1 atom stereocenters. The van der Waals surface area contributed by atoms with Crippen molar-refractivity contribution in [2.45, 2.75) is 12.3 Å². The summed E-state index contributed by atoms with van der Waals surface area (Å²) in [7, 11) is 0. The van der Waals surface area contributed by atoms with Crippen LogP contribution in [0.15, 0.2) is 101 Å². The van der Waals surface area contributed by atoms with Crippen LogP contribution in [0.5, 0.6) is 0 Å². The second kappa shape index (κ2) is 8.43. The van der Waals surface area contributed by atoms with Crippen LogP contribution in [0.1, 0.15) is 22.9 Å². The maximum Gasteiger partial charge on any atom is 0.164 e. The van der Waals surface area contributed by atoms with E-state index in [1.165, 1.54) is 11.1 Å². The molecule has 2 aromatic heterocycles. The van der Waals surface area contributed by atoms with Crippen molar-refractivity contribution in [3.05, 3.63) is 119 Å². The van der Waals surface area contributed by atoms with Crippen molar-refractivity contribution in [2.75, 3.05) is 0 Å². The van der Waals surface area contributed by atoms with E-state index in [9.17, 15) is 0 Å². The molecule has 1 aliphatic rings. The van der Waals surface area contributed by atoms with E-state index in [1.807, 2.05) is 60.7 Å². The summed E-state index contributed by atoms with van der Waals surface area (Å²) in [6, 6.07) is 30.3. The van der Waals surface area contributed by atoms with Gasteiger partial charge in [-0.05, 0) is 29.7 Å². The maximum absolute atomic E-state index is 6.56.